The zero-order valence-electron chi connectivity index (χ0n) is 9.56. The monoisotopic (exact) mass is 243 g/mol. The molecule has 16 heavy (non-hydrogen) atoms. The van der Waals surface area contributed by atoms with Crippen molar-refractivity contribution in [2.75, 3.05) is 7.11 Å². The Morgan fingerprint density at radius 2 is 2.06 bits per heavy atom. The smallest absolute Gasteiger partial charge is 0.238 e. The Morgan fingerprint density at radius 1 is 1.38 bits per heavy atom. The highest BCUT2D eigenvalue weighted by Crippen LogP contribution is 2.26. The Morgan fingerprint density at radius 3 is 2.56 bits per heavy atom. The van der Waals surface area contributed by atoms with Crippen molar-refractivity contribution >= 4 is 10.0 Å². The van der Waals surface area contributed by atoms with Crippen LogP contribution in [0.2, 0.25) is 0 Å². The first kappa shape index (κ1) is 13.0. The lowest BCUT2D eigenvalue weighted by atomic mass is 10.1. The molecule has 2 N–H and O–H groups in total. The first-order chi connectivity index (χ1) is 7.50. The molecule has 0 aliphatic heterocycles. The second-order valence-electron chi connectivity index (χ2n) is 3.59. The molecule has 1 rings (SSSR count). The third-order valence-electron chi connectivity index (χ3n) is 2.40. The Balaban J connectivity index is 3.26. The molecule has 0 spiro atoms. The number of methoxy groups -OCH3 is 1. The molecule has 0 aromatic heterocycles. The van der Waals surface area contributed by atoms with Crippen LogP contribution in [0.25, 0.3) is 0 Å². The minimum absolute atomic E-state index is 0.167. The number of rotatable bonds is 5. The summed E-state index contributed by atoms with van der Waals surface area (Å²) in [6.07, 6.45) is 2.55. The van der Waals surface area contributed by atoms with Gasteiger partial charge in [0.15, 0.2) is 0 Å². The fourth-order valence-electron chi connectivity index (χ4n) is 1.60. The molecule has 0 bridgehead atoms. The molecule has 0 aliphatic rings. The number of unbranched alkanes of at least 4 members (excludes halogenated alkanes) is 1. The molecule has 0 atom stereocenters. The fraction of sp³-hybridized carbons (Fsp3) is 0.455. The summed E-state index contributed by atoms with van der Waals surface area (Å²) in [5, 5.41) is 5.17. The van der Waals surface area contributed by atoms with Crippen LogP contribution in [-0.2, 0) is 16.4 Å². The van der Waals surface area contributed by atoms with E-state index in [1.807, 2.05) is 6.92 Å². The molecule has 4 nitrogen and oxygen atoms in total. The SMILES string of the molecule is CCCCc1c(OC)cccc1S(N)(=O)=O. The largest absolute Gasteiger partial charge is 0.496 e. The zero-order chi connectivity index (χ0) is 12.2. The van der Waals surface area contributed by atoms with Gasteiger partial charge in [0.1, 0.15) is 5.75 Å². The van der Waals surface area contributed by atoms with E-state index in [1.54, 1.807) is 12.1 Å². The topological polar surface area (TPSA) is 69.4 Å². The van der Waals surface area contributed by atoms with E-state index in [9.17, 15) is 8.42 Å². The van der Waals surface area contributed by atoms with Gasteiger partial charge in [-0.1, -0.05) is 19.4 Å². The maximum absolute atomic E-state index is 11.4. The van der Waals surface area contributed by atoms with Gasteiger partial charge in [-0.15, -0.1) is 0 Å². The minimum Gasteiger partial charge on any atom is -0.496 e. The van der Waals surface area contributed by atoms with Crippen LogP contribution < -0.4 is 9.88 Å². The number of benzene rings is 1. The fourth-order valence-corrected chi connectivity index (χ4v) is 2.42. The van der Waals surface area contributed by atoms with Crippen molar-refractivity contribution in [3.05, 3.63) is 23.8 Å². The maximum Gasteiger partial charge on any atom is 0.238 e. The third-order valence-corrected chi connectivity index (χ3v) is 3.39. The van der Waals surface area contributed by atoms with Crippen LogP contribution >= 0.6 is 0 Å². The van der Waals surface area contributed by atoms with Gasteiger partial charge in [0.2, 0.25) is 10.0 Å². The van der Waals surface area contributed by atoms with Crippen LogP contribution in [0.3, 0.4) is 0 Å². The van der Waals surface area contributed by atoms with E-state index in [0.29, 0.717) is 17.7 Å². The van der Waals surface area contributed by atoms with E-state index in [1.165, 1.54) is 13.2 Å². The predicted molar refractivity (Wildman–Crippen MR) is 63.0 cm³/mol. The van der Waals surface area contributed by atoms with E-state index in [0.717, 1.165) is 12.8 Å². The van der Waals surface area contributed by atoms with Gasteiger partial charge in [-0.2, -0.15) is 0 Å². The van der Waals surface area contributed by atoms with Crippen LogP contribution in [-0.4, -0.2) is 15.5 Å². The number of ether oxygens (including phenoxy) is 1. The second-order valence-corrected chi connectivity index (χ2v) is 5.12. The standard InChI is InChI=1S/C11H17NO3S/c1-3-4-6-9-10(15-2)7-5-8-11(9)16(12,13)14/h5,7-8H,3-4,6H2,1-2H3,(H2,12,13,14). The number of sulfonamides is 1. The van der Waals surface area contributed by atoms with Crippen molar-refractivity contribution in [2.45, 2.75) is 31.1 Å². The van der Waals surface area contributed by atoms with Gasteiger partial charge in [-0.25, -0.2) is 13.6 Å². The highest BCUT2D eigenvalue weighted by molar-refractivity contribution is 7.89. The number of hydrogen-bond acceptors (Lipinski definition) is 3. The van der Waals surface area contributed by atoms with E-state index < -0.39 is 10.0 Å². The first-order valence-corrected chi connectivity index (χ1v) is 6.74. The van der Waals surface area contributed by atoms with Crippen LogP contribution in [0.5, 0.6) is 5.75 Å². The van der Waals surface area contributed by atoms with Crippen molar-refractivity contribution in [1.29, 1.82) is 0 Å². The lowest BCUT2D eigenvalue weighted by Crippen LogP contribution is -2.15. The number of nitrogens with two attached hydrogens (primary N) is 1. The molecular formula is C11H17NO3S. The molecule has 0 heterocycles. The summed E-state index contributed by atoms with van der Waals surface area (Å²) in [5.41, 5.74) is 0.675. The summed E-state index contributed by atoms with van der Waals surface area (Å²) in [7, 11) is -2.15. The Labute approximate surface area is 96.5 Å². The summed E-state index contributed by atoms with van der Waals surface area (Å²) in [6.45, 7) is 2.05. The molecule has 1 aromatic carbocycles. The average molecular weight is 243 g/mol. The van der Waals surface area contributed by atoms with Gasteiger partial charge in [0.05, 0.1) is 12.0 Å². The summed E-state index contributed by atoms with van der Waals surface area (Å²) < 4.78 is 28.0. The minimum atomic E-state index is -3.68. The Hall–Kier alpha value is -1.07. The highest BCUT2D eigenvalue weighted by atomic mass is 32.2. The average Bonchev–Trinajstić information content (AvgIpc) is 2.24. The van der Waals surface area contributed by atoms with Gasteiger partial charge in [0, 0.05) is 5.56 Å². The Bertz CT molecular complexity index is 454. The molecule has 0 radical (unpaired) electrons. The van der Waals surface area contributed by atoms with Crippen molar-refractivity contribution in [3.63, 3.8) is 0 Å². The Kier molecular flexibility index (Phi) is 4.32. The summed E-state index contributed by atoms with van der Waals surface area (Å²) in [5.74, 6) is 0.583. The lowest BCUT2D eigenvalue weighted by Gasteiger charge is -2.11. The first-order valence-electron chi connectivity index (χ1n) is 5.19. The molecule has 0 saturated heterocycles. The van der Waals surface area contributed by atoms with Gasteiger partial charge >= 0.3 is 0 Å². The molecule has 0 aliphatic carbocycles. The van der Waals surface area contributed by atoms with Crippen molar-refractivity contribution in [1.82, 2.24) is 0 Å². The summed E-state index contributed by atoms with van der Waals surface area (Å²) >= 11 is 0. The normalized spacial score (nSPS) is 11.4. The van der Waals surface area contributed by atoms with Gasteiger partial charge in [-0.05, 0) is 25.0 Å². The van der Waals surface area contributed by atoms with E-state index >= 15 is 0 Å². The van der Waals surface area contributed by atoms with Crippen molar-refractivity contribution < 1.29 is 13.2 Å². The molecule has 5 heteroatoms. The van der Waals surface area contributed by atoms with E-state index in [4.69, 9.17) is 9.88 Å². The van der Waals surface area contributed by atoms with E-state index in [2.05, 4.69) is 0 Å². The maximum atomic E-state index is 11.4. The van der Waals surface area contributed by atoms with E-state index in [-0.39, 0.29) is 4.90 Å². The lowest BCUT2D eigenvalue weighted by molar-refractivity contribution is 0.407. The third kappa shape index (κ3) is 2.96. The number of hydrogen-bond donors (Lipinski definition) is 1. The summed E-state index contributed by atoms with van der Waals surface area (Å²) in [6, 6.07) is 4.90. The zero-order valence-corrected chi connectivity index (χ0v) is 10.4. The molecule has 90 valence electrons. The van der Waals surface area contributed by atoms with Crippen LogP contribution in [0, 0.1) is 0 Å². The predicted octanol–water partition coefficient (Wildman–Crippen LogP) is 1.69. The van der Waals surface area contributed by atoms with Crippen molar-refractivity contribution in [2.24, 2.45) is 5.14 Å². The van der Waals surface area contributed by atoms with Gasteiger partial charge in [-0.3, -0.25) is 0 Å². The van der Waals surface area contributed by atoms with Crippen LogP contribution in [0.4, 0.5) is 0 Å². The quantitative estimate of drug-likeness (QED) is 0.855. The number of primary sulfonamides is 1. The molecule has 0 amide bonds. The molecular weight excluding hydrogens is 226 g/mol. The molecule has 0 fully saturated rings. The molecule has 1 aromatic rings. The van der Waals surface area contributed by atoms with Crippen LogP contribution in [0.15, 0.2) is 23.1 Å². The van der Waals surface area contributed by atoms with Gasteiger partial charge in [0.25, 0.3) is 0 Å². The van der Waals surface area contributed by atoms with Crippen LogP contribution in [0.1, 0.15) is 25.3 Å². The second kappa shape index (κ2) is 5.32. The summed E-state index contributed by atoms with van der Waals surface area (Å²) in [4.78, 5) is 0.167. The molecule has 0 unspecified atom stereocenters. The van der Waals surface area contributed by atoms with Gasteiger partial charge < -0.3 is 4.74 Å². The highest BCUT2D eigenvalue weighted by Gasteiger charge is 2.16. The van der Waals surface area contributed by atoms with Crippen molar-refractivity contribution in [3.8, 4) is 5.75 Å². The molecule has 0 saturated carbocycles.